The first-order valence-electron chi connectivity index (χ1n) is 28.1. The number of hydroxylamine groups is 3. The van der Waals surface area contributed by atoms with Crippen LogP contribution >= 0.6 is 12.2 Å². The Hall–Kier alpha value is -1.59. The second kappa shape index (κ2) is 52.1. The SMILES string of the molecule is C.C.CC(C)C(=O)C(=O)C(C)C.CC(C)C(=O)C(C)C.CC(C)C(=S)C(C)C.CC(C)C(C(C)C)=[N+](C)O.CC(C)C(C)C(C)C.CC(C)C(C)C(C)C.CC(C)ON(C)C(C)C.COC(OC)(C(C)C)C(C)C. The number of thiocarbonyl (C=S) groups is 1. The molecule has 9 nitrogen and oxygen atoms in total. The summed E-state index contributed by atoms with van der Waals surface area (Å²) in [7, 11) is 7.02. The van der Waals surface area contributed by atoms with Crippen molar-refractivity contribution in [2.75, 3.05) is 28.3 Å². The molecule has 0 rings (SSSR count). The maximum atomic E-state index is 10.9. The fourth-order valence-electron chi connectivity index (χ4n) is 7.00. The molecule has 0 saturated carbocycles. The molecule has 0 aliphatic heterocycles. The van der Waals surface area contributed by atoms with Crippen molar-refractivity contribution in [2.24, 2.45) is 94.7 Å². The highest BCUT2D eigenvalue weighted by Crippen LogP contribution is 2.30. The lowest BCUT2D eigenvalue weighted by Crippen LogP contribution is -2.44. The van der Waals surface area contributed by atoms with Crippen LogP contribution in [0.15, 0.2) is 0 Å². The molecular weight excluding hydrogens is 941 g/mol. The molecule has 0 heterocycles. The number of carbonyl (C=O) groups is 3. The summed E-state index contributed by atoms with van der Waals surface area (Å²) < 4.78 is 12.0. The van der Waals surface area contributed by atoms with Crippen LogP contribution in [0.1, 0.15) is 250 Å². The number of ether oxygens (including phenoxy) is 2. The molecule has 74 heavy (non-hydrogen) atoms. The van der Waals surface area contributed by atoms with Gasteiger partial charge in [0, 0.05) is 74.7 Å². The van der Waals surface area contributed by atoms with E-state index in [4.69, 9.17) is 31.7 Å². The van der Waals surface area contributed by atoms with Crippen molar-refractivity contribution in [2.45, 2.75) is 268 Å². The lowest BCUT2D eigenvalue weighted by molar-refractivity contribution is -0.757. The van der Waals surface area contributed by atoms with Crippen LogP contribution in [0, 0.1) is 94.7 Å². The highest BCUT2D eigenvalue weighted by Gasteiger charge is 2.37. The zero-order valence-electron chi connectivity index (χ0n) is 55.6. The molecule has 0 radical (unpaired) electrons. The van der Waals surface area contributed by atoms with Gasteiger partial charge in [-0.3, -0.25) is 24.4 Å². The van der Waals surface area contributed by atoms with Crippen LogP contribution in [-0.2, 0) is 28.7 Å². The first-order valence-corrected chi connectivity index (χ1v) is 28.5. The molecule has 0 unspecified atom stereocenters. The van der Waals surface area contributed by atoms with Gasteiger partial charge in [0.15, 0.2) is 12.8 Å². The molecule has 0 aliphatic carbocycles. The number of methoxy groups -OCH3 is 2. The molecule has 0 fully saturated rings. The average molecular weight is 1080 g/mol. The number of Topliss-reactive ketones (excluding diaryl/α,β-unsaturated/α-hetero) is 3. The van der Waals surface area contributed by atoms with Crippen molar-refractivity contribution >= 4 is 40.1 Å². The topological polar surface area (TPSA) is 105 Å². The number of carbonyl (C=O) groups excluding carboxylic acids is 3. The molecule has 1 N–H and O–H groups in total. The number of rotatable bonds is 20. The van der Waals surface area contributed by atoms with Crippen LogP contribution in [-0.4, -0.2) is 89.2 Å². The Morgan fingerprint density at radius 2 is 0.689 bits per heavy atom. The summed E-state index contributed by atoms with van der Waals surface area (Å²) in [5.74, 6) is 7.37. The molecule has 0 aliphatic rings. The van der Waals surface area contributed by atoms with Crippen LogP contribution < -0.4 is 0 Å². The lowest BCUT2D eigenvalue weighted by atomic mass is 9.88. The minimum Gasteiger partial charge on any atom is -0.353 e. The smallest absolute Gasteiger partial charge is 0.208 e. The van der Waals surface area contributed by atoms with E-state index in [0.717, 1.165) is 41.2 Å². The fourth-order valence-corrected chi connectivity index (χ4v) is 7.00. The van der Waals surface area contributed by atoms with Gasteiger partial charge in [-0.25, -0.2) is 0 Å². The van der Waals surface area contributed by atoms with E-state index < -0.39 is 5.79 Å². The van der Waals surface area contributed by atoms with Gasteiger partial charge in [0.1, 0.15) is 5.78 Å². The summed E-state index contributed by atoms with van der Waals surface area (Å²) in [5, 5.41) is 11.0. The van der Waals surface area contributed by atoms with E-state index in [2.05, 4.69) is 166 Å². The van der Waals surface area contributed by atoms with E-state index in [0.29, 0.717) is 47.3 Å². The average Bonchev–Trinajstić information content (AvgIpc) is 3.22. The van der Waals surface area contributed by atoms with Crippen LogP contribution in [0.5, 0.6) is 0 Å². The highest BCUT2D eigenvalue weighted by molar-refractivity contribution is 7.80. The van der Waals surface area contributed by atoms with Crippen molar-refractivity contribution in [3.8, 4) is 0 Å². The molecule has 0 aromatic rings. The quantitative estimate of drug-likeness (QED) is 0.0243. The Bertz CT molecular complexity index is 1220. The Morgan fingerprint density at radius 3 is 0.716 bits per heavy atom. The van der Waals surface area contributed by atoms with Gasteiger partial charge in [0.2, 0.25) is 17.3 Å². The predicted molar refractivity (Wildman–Crippen MR) is 336 cm³/mol. The van der Waals surface area contributed by atoms with Gasteiger partial charge in [-0.15, -0.1) is 0 Å². The third-order valence-corrected chi connectivity index (χ3v) is 13.6. The molecule has 10 heteroatoms. The molecule has 0 bridgehead atoms. The summed E-state index contributed by atoms with van der Waals surface area (Å²) in [4.78, 5) is 39.2. The fraction of sp³-hybridized carbons (Fsp3) is 0.922. The summed E-state index contributed by atoms with van der Waals surface area (Å²) in [5.41, 5.74) is 1.08. The summed E-state index contributed by atoms with van der Waals surface area (Å²) in [6, 6.07) is 0.465. The van der Waals surface area contributed by atoms with Crippen molar-refractivity contribution in [3.63, 3.8) is 0 Å². The van der Waals surface area contributed by atoms with Crippen molar-refractivity contribution in [1.82, 2.24) is 5.06 Å². The van der Waals surface area contributed by atoms with Gasteiger partial charge in [-0.1, -0.05) is 235 Å². The monoisotopic (exact) mass is 1080 g/mol. The van der Waals surface area contributed by atoms with Gasteiger partial charge < -0.3 is 9.47 Å². The second-order valence-electron chi connectivity index (χ2n) is 24.6. The van der Waals surface area contributed by atoms with Crippen LogP contribution in [0.25, 0.3) is 0 Å². The third-order valence-electron chi connectivity index (χ3n) is 12.7. The van der Waals surface area contributed by atoms with Crippen LogP contribution in [0.2, 0.25) is 0 Å². The van der Waals surface area contributed by atoms with Gasteiger partial charge in [0.25, 0.3) is 0 Å². The largest absolute Gasteiger partial charge is 0.353 e. The normalized spacial score (nSPS) is 11.2. The molecular formula is C64H141N2O7S+. The van der Waals surface area contributed by atoms with Crippen molar-refractivity contribution in [1.29, 1.82) is 0 Å². The molecule has 0 aromatic carbocycles. The predicted octanol–water partition coefficient (Wildman–Crippen LogP) is 18.8. The van der Waals surface area contributed by atoms with Crippen molar-refractivity contribution < 1.29 is 38.6 Å². The van der Waals surface area contributed by atoms with E-state index >= 15 is 0 Å². The zero-order valence-corrected chi connectivity index (χ0v) is 56.4. The molecule has 454 valence electrons. The van der Waals surface area contributed by atoms with Gasteiger partial charge >= 0.3 is 0 Å². The van der Waals surface area contributed by atoms with Crippen LogP contribution in [0.3, 0.4) is 0 Å². The number of hydrogen-bond acceptors (Lipinski definition) is 9. The molecule has 0 aromatic heterocycles. The number of nitrogens with zero attached hydrogens (tertiary/aromatic N) is 2. The molecule has 0 amide bonds. The van der Waals surface area contributed by atoms with Gasteiger partial charge in [-0.05, 0) is 84.6 Å². The van der Waals surface area contributed by atoms with Crippen molar-refractivity contribution in [3.05, 3.63) is 0 Å². The lowest BCUT2D eigenvalue weighted by Gasteiger charge is -2.38. The molecule has 0 spiro atoms. The standard InChI is InChI=1S/C9H20O2.C8H18NO.C8H14O2.2C8H18.C7H17NO.C7H14O.C7H14S.2CH4/c1-7(2)9(10-5,11-6)8(3)4;1-6(2)8(7(3)4)9(5)10;1-5(2)7(9)8(10)6(3)4;2*1-6(2)8(5)7(3)4;1-6(2)8(5)9-7(3)4;2*1-5(2)7(8)6(3)4;;/h7-8H,1-6H3;6-7,10H,1-5H3;5-6H,1-4H3;2*6-8H,1-5H3;6-7H,1-5H3;2*5-6H,1-4H3;2*1H4/q;+1;;;;;;;;. The van der Waals surface area contributed by atoms with Crippen LogP contribution in [0.4, 0.5) is 0 Å². The second-order valence-corrected chi connectivity index (χ2v) is 25.1. The van der Waals surface area contributed by atoms with Gasteiger partial charge in [0.05, 0.1) is 6.10 Å². The van der Waals surface area contributed by atoms with Gasteiger partial charge in [-0.2, -0.15) is 5.06 Å². The maximum Gasteiger partial charge on any atom is 0.208 e. The number of ketones is 3. The zero-order chi connectivity index (χ0) is 60.1. The van der Waals surface area contributed by atoms with E-state index in [1.54, 1.807) is 49.0 Å². The molecule has 0 saturated heterocycles. The molecule has 0 atom stereocenters. The van der Waals surface area contributed by atoms with E-state index in [1.165, 1.54) is 9.60 Å². The van der Waals surface area contributed by atoms with E-state index in [1.807, 2.05) is 53.7 Å². The Labute approximate surface area is 473 Å². The Balaban J connectivity index is -0.0000000790. The van der Waals surface area contributed by atoms with E-state index in [-0.39, 0.29) is 56.2 Å². The highest BCUT2D eigenvalue weighted by atomic mass is 32.1. The third kappa shape index (κ3) is 52.5. The van der Waals surface area contributed by atoms with E-state index in [9.17, 15) is 14.4 Å². The maximum absolute atomic E-state index is 10.9. The number of hydrogen-bond donors (Lipinski definition) is 1. The summed E-state index contributed by atoms with van der Waals surface area (Å²) in [6.45, 7) is 71.2. The Kier molecular flexibility index (Phi) is 66.8. The Morgan fingerprint density at radius 1 is 0.446 bits per heavy atom. The minimum absolute atomic E-state index is 0. The summed E-state index contributed by atoms with van der Waals surface area (Å²) >= 11 is 5.10. The minimum atomic E-state index is -0.417. The first-order chi connectivity index (χ1) is 32.2. The summed E-state index contributed by atoms with van der Waals surface area (Å²) in [6.07, 6.45) is 0.289. The first kappa shape index (κ1) is 94.8.